The normalized spacial score (nSPS) is 17.6. The van der Waals surface area contributed by atoms with E-state index >= 15 is 0 Å². The number of thioether (sulfide) groups is 1. The molecule has 1 amide bonds. The first-order valence-corrected chi connectivity index (χ1v) is 8.28. The summed E-state index contributed by atoms with van der Waals surface area (Å²) in [5.41, 5.74) is 0.400. The van der Waals surface area contributed by atoms with E-state index in [1.54, 1.807) is 29.2 Å². The number of halogens is 3. The van der Waals surface area contributed by atoms with Crippen molar-refractivity contribution < 1.29 is 18.0 Å². The molecule has 128 valence electrons. The molecule has 1 atom stereocenters. The summed E-state index contributed by atoms with van der Waals surface area (Å²) in [6, 6.07) is 11.0. The number of amides is 1. The molecule has 3 rings (SSSR count). The molecule has 0 aliphatic carbocycles. The Labute approximate surface area is 146 Å². The van der Waals surface area contributed by atoms with E-state index in [0.29, 0.717) is 29.2 Å². The van der Waals surface area contributed by atoms with E-state index in [2.05, 4.69) is 4.98 Å². The fourth-order valence-electron chi connectivity index (χ4n) is 2.50. The van der Waals surface area contributed by atoms with E-state index in [1.807, 2.05) is 6.07 Å². The van der Waals surface area contributed by atoms with Crippen LogP contribution in [0, 0.1) is 11.3 Å². The highest BCUT2D eigenvalue weighted by molar-refractivity contribution is 8.00. The fraction of sp³-hybridized carbons (Fsp3) is 0.235. The zero-order chi connectivity index (χ0) is 18.0. The van der Waals surface area contributed by atoms with E-state index in [4.69, 9.17) is 5.26 Å². The first-order chi connectivity index (χ1) is 11.9. The van der Waals surface area contributed by atoms with Crippen molar-refractivity contribution in [1.82, 2.24) is 4.98 Å². The molecule has 8 heteroatoms. The van der Waals surface area contributed by atoms with Crippen LogP contribution in [-0.2, 0) is 11.0 Å². The molecule has 0 N–H and O–H groups in total. The standard InChI is InChI=1S/C17H12F3N3OS/c18-17(19,20)12-3-6-15(22-10-12)25-14-7-8-23(16(14)24)13-4-1-11(9-21)2-5-13/h1-6,10,14H,7-8H2/t14-/m0/s1. The Balaban J connectivity index is 1.68. The number of alkyl halides is 3. The van der Waals surface area contributed by atoms with Gasteiger partial charge in [0.1, 0.15) is 0 Å². The number of rotatable bonds is 3. The monoisotopic (exact) mass is 363 g/mol. The van der Waals surface area contributed by atoms with Crippen molar-refractivity contribution in [2.24, 2.45) is 0 Å². The van der Waals surface area contributed by atoms with Crippen LogP contribution in [0.4, 0.5) is 18.9 Å². The van der Waals surface area contributed by atoms with Crippen LogP contribution in [0.2, 0.25) is 0 Å². The molecule has 1 aliphatic heterocycles. The molecular weight excluding hydrogens is 351 g/mol. The molecule has 1 aromatic carbocycles. The molecule has 0 radical (unpaired) electrons. The highest BCUT2D eigenvalue weighted by Gasteiger charge is 2.34. The van der Waals surface area contributed by atoms with E-state index < -0.39 is 11.7 Å². The van der Waals surface area contributed by atoms with Crippen LogP contribution < -0.4 is 4.90 Å². The Kier molecular flexibility index (Phi) is 4.68. The first kappa shape index (κ1) is 17.3. The first-order valence-electron chi connectivity index (χ1n) is 7.40. The van der Waals surface area contributed by atoms with E-state index in [-0.39, 0.29) is 11.2 Å². The van der Waals surface area contributed by atoms with Crippen molar-refractivity contribution in [1.29, 1.82) is 5.26 Å². The number of nitriles is 1. The lowest BCUT2D eigenvalue weighted by atomic mass is 10.2. The topological polar surface area (TPSA) is 57.0 Å². The molecule has 0 saturated carbocycles. The maximum Gasteiger partial charge on any atom is 0.417 e. The van der Waals surface area contributed by atoms with E-state index in [0.717, 1.165) is 24.0 Å². The molecule has 25 heavy (non-hydrogen) atoms. The number of pyridine rings is 1. The quantitative estimate of drug-likeness (QED) is 0.831. The van der Waals surface area contributed by atoms with Gasteiger partial charge in [-0.15, -0.1) is 0 Å². The van der Waals surface area contributed by atoms with E-state index in [9.17, 15) is 18.0 Å². The number of hydrogen-bond acceptors (Lipinski definition) is 4. The molecule has 1 fully saturated rings. The molecule has 4 nitrogen and oxygen atoms in total. The minimum absolute atomic E-state index is 0.114. The van der Waals surface area contributed by atoms with Gasteiger partial charge in [-0.1, -0.05) is 11.8 Å². The smallest absolute Gasteiger partial charge is 0.311 e. The Morgan fingerprint density at radius 3 is 2.48 bits per heavy atom. The van der Waals surface area contributed by atoms with E-state index in [1.165, 1.54) is 6.07 Å². The minimum Gasteiger partial charge on any atom is -0.311 e. The maximum absolute atomic E-state index is 12.6. The summed E-state index contributed by atoms with van der Waals surface area (Å²) >= 11 is 1.16. The van der Waals surface area contributed by atoms with Gasteiger partial charge < -0.3 is 4.90 Å². The zero-order valence-corrected chi connectivity index (χ0v) is 13.6. The Bertz CT molecular complexity index is 813. The highest BCUT2D eigenvalue weighted by Crippen LogP contribution is 2.34. The van der Waals surface area contributed by atoms with Gasteiger partial charge in [-0.05, 0) is 42.8 Å². The number of anilines is 1. The van der Waals surface area contributed by atoms with Crippen LogP contribution in [0.25, 0.3) is 0 Å². The van der Waals surface area contributed by atoms with Crippen LogP contribution in [0.3, 0.4) is 0 Å². The molecular formula is C17H12F3N3OS. The molecule has 2 heterocycles. The predicted molar refractivity (Wildman–Crippen MR) is 87.0 cm³/mol. The molecule has 1 saturated heterocycles. The van der Waals surface area contributed by atoms with Gasteiger partial charge >= 0.3 is 6.18 Å². The van der Waals surface area contributed by atoms with Crippen molar-refractivity contribution in [3.8, 4) is 6.07 Å². The summed E-state index contributed by atoms with van der Waals surface area (Å²) in [6.07, 6.45) is -3.07. The lowest BCUT2D eigenvalue weighted by Gasteiger charge is -2.16. The Morgan fingerprint density at radius 1 is 1.20 bits per heavy atom. The number of nitrogens with zero attached hydrogens (tertiary/aromatic N) is 3. The van der Waals surface area contributed by atoms with Crippen molar-refractivity contribution in [3.05, 3.63) is 53.7 Å². The number of carbonyl (C=O) groups is 1. The second-order valence-electron chi connectivity index (χ2n) is 5.43. The second kappa shape index (κ2) is 6.76. The minimum atomic E-state index is -4.42. The summed E-state index contributed by atoms with van der Waals surface area (Å²) in [5, 5.41) is 8.80. The summed E-state index contributed by atoms with van der Waals surface area (Å²) in [7, 11) is 0. The van der Waals surface area contributed by atoms with Gasteiger partial charge in [0, 0.05) is 18.4 Å². The Hall–Kier alpha value is -2.53. The summed E-state index contributed by atoms with van der Waals surface area (Å²) in [6.45, 7) is 0.517. The number of benzene rings is 1. The molecule has 1 aromatic heterocycles. The SMILES string of the molecule is N#Cc1ccc(N2CC[C@H](Sc3ccc(C(F)(F)F)cn3)C2=O)cc1. The summed E-state index contributed by atoms with van der Waals surface area (Å²) in [5.74, 6) is -0.114. The maximum atomic E-state index is 12.6. The highest BCUT2D eigenvalue weighted by atomic mass is 32.2. The van der Waals surface area contributed by atoms with Gasteiger partial charge in [-0.2, -0.15) is 18.4 Å². The lowest BCUT2D eigenvalue weighted by Crippen LogP contribution is -2.27. The molecule has 0 spiro atoms. The third-order valence-corrected chi connectivity index (χ3v) is 5.00. The van der Waals surface area contributed by atoms with Gasteiger partial charge in [-0.3, -0.25) is 4.79 Å². The predicted octanol–water partition coefficient (Wildman–Crippen LogP) is 3.87. The number of aromatic nitrogens is 1. The van der Waals surface area contributed by atoms with Crippen molar-refractivity contribution in [2.75, 3.05) is 11.4 Å². The number of hydrogen-bond donors (Lipinski definition) is 0. The van der Waals surface area contributed by atoms with Gasteiger partial charge in [0.25, 0.3) is 0 Å². The average Bonchev–Trinajstić information content (AvgIpc) is 2.95. The van der Waals surface area contributed by atoms with Crippen molar-refractivity contribution >= 4 is 23.4 Å². The van der Waals surface area contributed by atoms with Gasteiger partial charge in [0.2, 0.25) is 5.91 Å². The third-order valence-electron chi connectivity index (χ3n) is 3.79. The summed E-state index contributed by atoms with van der Waals surface area (Å²) in [4.78, 5) is 17.9. The molecule has 2 aromatic rings. The molecule has 1 aliphatic rings. The van der Waals surface area contributed by atoms with Gasteiger partial charge in [0.05, 0.1) is 27.5 Å². The van der Waals surface area contributed by atoms with Crippen LogP contribution in [-0.4, -0.2) is 22.7 Å². The van der Waals surface area contributed by atoms with Crippen LogP contribution in [0.1, 0.15) is 17.5 Å². The van der Waals surface area contributed by atoms with Crippen molar-refractivity contribution in [2.45, 2.75) is 22.9 Å². The van der Waals surface area contributed by atoms with Crippen molar-refractivity contribution in [3.63, 3.8) is 0 Å². The van der Waals surface area contributed by atoms with Gasteiger partial charge in [-0.25, -0.2) is 4.98 Å². The van der Waals surface area contributed by atoms with Crippen LogP contribution in [0.5, 0.6) is 0 Å². The lowest BCUT2D eigenvalue weighted by molar-refractivity contribution is -0.137. The largest absolute Gasteiger partial charge is 0.417 e. The average molecular weight is 363 g/mol. The fourth-order valence-corrected chi connectivity index (χ4v) is 3.50. The summed E-state index contributed by atoms with van der Waals surface area (Å²) < 4.78 is 37.7. The third kappa shape index (κ3) is 3.77. The number of carbonyl (C=O) groups excluding carboxylic acids is 1. The van der Waals surface area contributed by atoms with Gasteiger partial charge in [0.15, 0.2) is 0 Å². The molecule has 0 unspecified atom stereocenters. The molecule has 0 bridgehead atoms. The second-order valence-corrected chi connectivity index (χ2v) is 6.65. The van der Waals surface area contributed by atoms with Crippen LogP contribution in [0.15, 0.2) is 47.6 Å². The Morgan fingerprint density at radius 2 is 1.92 bits per heavy atom. The zero-order valence-electron chi connectivity index (χ0n) is 12.8. The van der Waals surface area contributed by atoms with Crippen LogP contribution >= 0.6 is 11.8 Å².